The van der Waals surface area contributed by atoms with Crippen LogP contribution in [-0.2, 0) is 0 Å². The lowest BCUT2D eigenvalue weighted by molar-refractivity contribution is 0.730. The van der Waals surface area contributed by atoms with Crippen molar-refractivity contribution in [1.82, 2.24) is 0 Å². The van der Waals surface area contributed by atoms with Crippen LogP contribution in [0, 0.1) is 0 Å². The van der Waals surface area contributed by atoms with E-state index in [1.165, 1.54) is 0 Å². The van der Waals surface area contributed by atoms with Gasteiger partial charge in [0.05, 0.1) is 0 Å². The van der Waals surface area contributed by atoms with E-state index in [4.69, 9.17) is 2.74 Å². The second kappa shape index (κ2) is 5.74. The topological polar surface area (TPSA) is 0 Å². The quantitative estimate of drug-likeness (QED) is 0.476. The summed E-state index contributed by atoms with van der Waals surface area (Å²) in [5.74, 6) is 0. The van der Waals surface area contributed by atoms with E-state index in [9.17, 15) is 0 Å². The van der Waals surface area contributed by atoms with Gasteiger partial charge < -0.3 is 0 Å². The second-order valence-electron chi connectivity index (χ2n) is 1.46. The maximum Gasteiger partial charge on any atom is 0.0270 e. The van der Waals surface area contributed by atoms with Gasteiger partial charge in [-0.3, -0.25) is 0 Å². The molecule has 0 aromatic carbocycles. The van der Waals surface area contributed by atoms with Gasteiger partial charge in [0.2, 0.25) is 0 Å². The zero-order valence-electron chi connectivity index (χ0n) is 6.69. The van der Waals surface area contributed by atoms with E-state index in [0.717, 1.165) is 19.3 Å². The van der Waals surface area contributed by atoms with Gasteiger partial charge in [0, 0.05) is 2.74 Å². The van der Waals surface area contributed by atoms with E-state index >= 15 is 0 Å². The first-order chi connectivity index (χ1) is 4.31. The third-order valence-electron chi connectivity index (χ3n) is 0.742. The van der Waals surface area contributed by atoms with Crippen molar-refractivity contribution in [3.05, 3.63) is 12.7 Å². The summed E-state index contributed by atoms with van der Waals surface area (Å²) in [6, 6.07) is 0. The molecule has 0 saturated heterocycles. The number of hydrogen-bond donors (Lipinski definition) is 0. The van der Waals surface area contributed by atoms with Gasteiger partial charge in [-0.25, -0.2) is 0 Å². The number of rotatable bonds is 4. The van der Waals surface area contributed by atoms with Crippen LogP contribution in [0.2, 0.25) is 0 Å². The highest BCUT2D eigenvalue weighted by molar-refractivity contribution is 4.64. The molecule has 1 unspecified atom stereocenters. The van der Waals surface area contributed by atoms with Crippen molar-refractivity contribution in [2.45, 2.75) is 32.6 Å². The van der Waals surface area contributed by atoms with E-state index < -0.39 is 0 Å². The van der Waals surface area contributed by atoms with Crippen LogP contribution >= 0.6 is 0 Å². The third kappa shape index (κ3) is 5.74. The van der Waals surface area contributed by atoms with Gasteiger partial charge in [0.1, 0.15) is 0 Å². The predicted octanol–water partition coefficient (Wildman–Crippen LogP) is 2.75. The van der Waals surface area contributed by atoms with Crippen molar-refractivity contribution in [3.63, 3.8) is 0 Å². The van der Waals surface area contributed by atoms with Crippen LogP contribution < -0.4 is 0 Å². The summed E-state index contributed by atoms with van der Waals surface area (Å²) in [4.78, 5) is 0. The Hall–Kier alpha value is -0.260. The first kappa shape index (κ1) is 3.71. The Morgan fingerprint density at radius 3 is 3.43 bits per heavy atom. The average Bonchev–Trinajstić information content (AvgIpc) is 1.85. The lowest BCUT2D eigenvalue weighted by Gasteiger charge is -1.87. The zero-order chi connectivity index (χ0) is 7.11. The second-order valence-corrected chi connectivity index (χ2v) is 1.46. The SMILES string of the molecule is [2H]CCCC([2H])CC=C. The molecule has 0 aliphatic carbocycles. The highest BCUT2D eigenvalue weighted by Crippen LogP contribution is 1.97. The van der Waals surface area contributed by atoms with Gasteiger partial charge in [0.15, 0.2) is 0 Å². The van der Waals surface area contributed by atoms with E-state index in [1.54, 1.807) is 6.08 Å². The summed E-state index contributed by atoms with van der Waals surface area (Å²) >= 11 is 0. The first-order valence-electron chi connectivity index (χ1n) is 3.92. The largest absolute Gasteiger partial charge is 0.103 e. The third-order valence-corrected chi connectivity index (χ3v) is 0.742. The molecule has 0 radical (unpaired) electrons. The monoisotopic (exact) mass is 100 g/mol. The fourth-order valence-electron chi connectivity index (χ4n) is 0.380. The molecule has 42 valence electrons. The maximum absolute atomic E-state index is 7.32. The van der Waals surface area contributed by atoms with E-state index in [0.29, 0.717) is 6.90 Å². The Morgan fingerprint density at radius 1 is 2.00 bits per heavy atom. The smallest absolute Gasteiger partial charge is 0.0270 e. The normalized spacial score (nSPS) is 17.1. The minimum atomic E-state index is -0.0205. The van der Waals surface area contributed by atoms with Crippen molar-refractivity contribution < 1.29 is 2.74 Å². The highest BCUT2D eigenvalue weighted by Gasteiger charge is 1.77. The van der Waals surface area contributed by atoms with Gasteiger partial charge in [0.25, 0.3) is 0 Å². The molecule has 0 saturated carbocycles. The Labute approximate surface area is 49.0 Å². The summed E-state index contributed by atoms with van der Waals surface area (Å²) < 4.78 is 14.1. The lowest BCUT2D eigenvalue weighted by atomic mass is 10.2. The maximum atomic E-state index is 7.32. The van der Waals surface area contributed by atoms with Gasteiger partial charge in [-0.1, -0.05) is 25.8 Å². The molecule has 0 aliphatic heterocycles. The van der Waals surface area contributed by atoms with Crippen LogP contribution in [0.3, 0.4) is 0 Å². The minimum Gasteiger partial charge on any atom is -0.103 e. The molecule has 0 heterocycles. The van der Waals surface area contributed by atoms with Gasteiger partial charge in [-0.15, -0.1) is 6.58 Å². The van der Waals surface area contributed by atoms with Gasteiger partial charge in [-0.2, -0.15) is 0 Å². The van der Waals surface area contributed by atoms with Crippen LogP contribution in [0.1, 0.15) is 35.3 Å². The molecule has 0 aliphatic rings. The Kier molecular flexibility index (Phi) is 3.04. The fraction of sp³-hybridized carbons (Fsp3) is 0.714. The summed E-state index contributed by atoms with van der Waals surface area (Å²) in [6.45, 7) is 3.99. The van der Waals surface area contributed by atoms with Gasteiger partial charge in [-0.05, 0) is 12.8 Å². The van der Waals surface area contributed by atoms with Crippen LogP contribution in [-0.4, -0.2) is 0 Å². The van der Waals surface area contributed by atoms with Crippen LogP contribution in [0.4, 0.5) is 0 Å². The predicted molar refractivity (Wildman–Crippen MR) is 34.3 cm³/mol. The fourth-order valence-corrected chi connectivity index (χ4v) is 0.380. The molecule has 0 N–H and O–H groups in total. The minimum absolute atomic E-state index is 0.0205. The first-order valence-corrected chi connectivity index (χ1v) is 2.63. The number of allylic oxidation sites excluding steroid dienone is 1. The Bertz CT molecular complexity index is 71.3. The molecule has 0 rings (SSSR count). The molecular formula is C7H14. The van der Waals surface area contributed by atoms with Crippen molar-refractivity contribution >= 4 is 0 Å². The average molecular weight is 100 g/mol. The van der Waals surface area contributed by atoms with Crippen LogP contribution in [0.25, 0.3) is 0 Å². The van der Waals surface area contributed by atoms with E-state index in [2.05, 4.69) is 6.58 Å². The van der Waals surface area contributed by atoms with E-state index in [1.807, 2.05) is 0 Å². The summed E-state index contributed by atoms with van der Waals surface area (Å²) in [7, 11) is 0. The zero-order valence-corrected chi connectivity index (χ0v) is 4.69. The summed E-state index contributed by atoms with van der Waals surface area (Å²) in [5.41, 5.74) is 0. The van der Waals surface area contributed by atoms with E-state index in [-0.39, 0.29) is 6.40 Å². The molecule has 0 fully saturated rings. The standard InChI is InChI=1S/C7H14/c1-3-5-7-6-4-2/h3H,1,4-7H2,2H3/i2D,7D. The van der Waals surface area contributed by atoms with Crippen LogP contribution in [0.5, 0.6) is 0 Å². The van der Waals surface area contributed by atoms with Crippen molar-refractivity contribution in [3.8, 4) is 0 Å². The van der Waals surface area contributed by atoms with Crippen molar-refractivity contribution in [2.24, 2.45) is 0 Å². The molecule has 0 spiro atoms. The molecular weight excluding hydrogens is 84.1 g/mol. The number of hydrogen-bond acceptors (Lipinski definition) is 0. The Morgan fingerprint density at radius 2 is 2.86 bits per heavy atom. The van der Waals surface area contributed by atoms with Gasteiger partial charge >= 0.3 is 0 Å². The molecule has 0 nitrogen and oxygen atoms in total. The molecule has 0 amide bonds. The molecule has 7 heavy (non-hydrogen) atoms. The summed E-state index contributed by atoms with van der Waals surface area (Å²) in [6.07, 6.45) is 4.20. The summed E-state index contributed by atoms with van der Waals surface area (Å²) in [5, 5.41) is 0. The van der Waals surface area contributed by atoms with Crippen LogP contribution in [0.15, 0.2) is 12.7 Å². The van der Waals surface area contributed by atoms with Crippen molar-refractivity contribution in [1.29, 1.82) is 0 Å². The highest BCUT2D eigenvalue weighted by atomic mass is 13.8. The molecule has 0 aromatic rings. The molecule has 1 atom stereocenters. The Balaban J connectivity index is 3.04. The molecule has 0 aromatic heterocycles. The molecule has 0 heteroatoms. The lowest BCUT2D eigenvalue weighted by Crippen LogP contribution is -1.67. The molecule has 0 bridgehead atoms. The van der Waals surface area contributed by atoms with Crippen molar-refractivity contribution in [2.75, 3.05) is 0 Å².